The molecule has 0 atom stereocenters. The number of methoxy groups -OCH3 is 1. The molecule has 0 saturated carbocycles. The number of fused-ring (bicyclic) bond motifs is 2. The van der Waals surface area contributed by atoms with E-state index in [2.05, 4.69) is 4.98 Å². The van der Waals surface area contributed by atoms with Gasteiger partial charge in [0.05, 0.1) is 27.9 Å². The smallest absolute Gasteiger partial charge is 0.270 e. The highest BCUT2D eigenvalue weighted by atomic mass is 35.5. The van der Waals surface area contributed by atoms with E-state index in [-0.39, 0.29) is 24.0 Å². The summed E-state index contributed by atoms with van der Waals surface area (Å²) in [7, 11) is 1.60. The number of aryl methyl sites for hydroxylation is 1. The molecule has 0 aliphatic heterocycles. The van der Waals surface area contributed by atoms with E-state index in [0.717, 1.165) is 9.40 Å². The van der Waals surface area contributed by atoms with E-state index in [4.69, 9.17) is 9.72 Å². The molecule has 0 aliphatic rings. The van der Waals surface area contributed by atoms with E-state index < -0.39 is 4.92 Å². The molecule has 0 bridgehead atoms. The van der Waals surface area contributed by atoms with Crippen LogP contribution in [0.1, 0.15) is 16.1 Å². The lowest BCUT2D eigenvalue weighted by Gasteiger charge is -2.19. The fourth-order valence-electron chi connectivity index (χ4n) is 3.69. The molecule has 0 spiro atoms. The van der Waals surface area contributed by atoms with E-state index in [1.165, 1.54) is 34.8 Å². The quantitative estimate of drug-likeness (QED) is 0.186. The standard InChI is InChI=1S/C23H19N5O4S2.ClH/c1-32-17-4-2-5-19-21(17)25-23(34-19)27(10-3-9-26-11-8-24-14-26)22(29)20-13-15-12-16(28(30)31)6-7-18(15)33-20;/h2,4-8,11-14H,3,9-10H2,1H3;1H. The molecule has 9 nitrogen and oxygen atoms in total. The predicted octanol–water partition coefficient (Wildman–Crippen LogP) is 5.78. The number of nitro benzene ring substituents is 1. The summed E-state index contributed by atoms with van der Waals surface area (Å²) in [6, 6.07) is 12.0. The number of nitro groups is 1. The van der Waals surface area contributed by atoms with Crippen LogP contribution in [0.3, 0.4) is 0 Å². The van der Waals surface area contributed by atoms with Crippen molar-refractivity contribution in [1.29, 1.82) is 0 Å². The molecule has 35 heavy (non-hydrogen) atoms. The number of non-ortho nitro benzene ring substituents is 1. The maximum atomic E-state index is 13.7. The van der Waals surface area contributed by atoms with Gasteiger partial charge in [-0.1, -0.05) is 17.4 Å². The van der Waals surface area contributed by atoms with Gasteiger partial charge in [-0.15, -0.1) is 23.7 Å². The average Bonchev–Trinajstić information content (AvgIpc) is 3.59. The molecule has 0 unspecified atom stereocenters. The number of imidazole rings is 1. The number of ether oxygens (including phenoxy) is 1. The molecule has 2 aromatic carbocycles. The van der Waals surface area contributed by atoms with Crippen LogP contribution in [-0.2, 0) is 6.54 Å². The number of hydrogen-bond donors (Lipinski definition) is 0. The molecule has 1 amide bonds. The van der Waals surface area contributed by atoms with E-state index in [1.54, 1.807) is 36.7 Å². The number of carbonyl (C=O) groups excluding carboxylic acids is 1. The number of hydrogen-bond acceptors (Lipinski definition) is 8. The van der Waals surface area contributed by atoms with Gasteiger partial charge in [-0.25, -0.2) is 9.97 Å². The second-order valence-corrected chi connectivity index (χ2v) is 9.60. The van der Waals surface area contributed by atoms with Gasteiger partial charge in [-0.3, -0.25) is 19.8 Å². The fourth-order valence-corrected chi connectivity index (χ4v) is 5.69. The minimum atomic E-state index is -0.435. The summed E-state index contributed by atoms with van der Waals surface area (Å²) in [5, 5.41) is 12.4. The van der Waals surface area contributed by atoms with Crippen LogP contribution in [0.4, 0.5) is 10.8 Å². The molecular weight excluding hydrogens is 510 g/mol. The van der Waals surface area contributed by atoms with Gasteiger partial charge in [0.1, 0.15) is 11.3 Å². The zero-order valence-electron chi connectivity index (χ0n) is 18.5. The Hall–Kier alpha value is -3.54. The Morgan fingerprint density at radius 2 is 2.06 bits per heavy atom. The summed E-state index contributed by atoms with van der Waals surface area (Å²) in [6.45, 7) is 1.16. The van der Waals surface area contributed by atoms with Crippen molar-refractivity contribution >= 4 is 72.1 Å². The van der Waals surface area contributed by atoms with Crippen LogP contribution in [0.2, 0.25) is 0 Å². The monoisotopic (exact) mass is 529 g/mol. The molecule has 5 aromatic rings. The number of para-hydroxylation sites is 1. The van der Waals surface area contributed by atoms with Crippen LogP contribution < -0.4 is 9.64 Å². The van der Waals surface area contributed by atoms with Crippen molar-refractivity contribution in [3.8, 4) is 5.75 Å². The SMILES string of the molecule is COc1cccc2sc(N(CCCn3ccnc3)C(=O)c3cc4cc([N+](=O)[O-])ccc4s3)nc12.Cl. The molecule has 0 radical (unpaired) electrons. The minimum absolute atomic E-state index is 0. The van der Waals surface area contributed by atoms with Crippen LogP contribution in [0.15, 0.2) is 61.2 Å². The Balaban J connectivity index is 0.00000289. The number of halogens is 1. The topological polar surface area (TPSA) is 103 Å². The predicted molar refractivity (Wildman–Crippen MR) is 140 cm³/mol. The van der Waals surface area contributed by atoms with Crippen molar-refractivity contribution in [1.82, 2.24) is 14.5 Å². The molecule has 0 fully saturated rings. The molecule has 3 aromatic heterocycles. The van der Waals surface area contributed by atoms with Crippen molar-refractivity contribution in [2.45, 2.75) is 13.0 Å². The largest absolute Gasteiger partial charge is 0.494 e. The van der Waals surface area contributed by atoms with Crippen LogP contribution in [0, 0.1) is 10.1 Å². The third kappa shape index (κ3) is 4.97. The summed E-state index contributed by atoms with van der Waals surface area (Å²) in [5.41, 5.74) is 0.712. The van der Waals surface area contributed by atoms with Gasteiger partial charge in [0.25, 0.3) is 11.6 Å². The van der Waals surface area contributed by atoms with Crippen LogP contribution >= 0.6 is 35.1 Å². The molecule has 0 N–H and O–H groups in total. The Kier molecular flexibility index (Phi) is 7.29. The van der Waals surface area contributed by atoms with Crippen molar-refractivity contribution in [2.24, 2.45) is 0 Å². The molecule has 3 heterocycles. The normalized spacial score (nSPS) is 10.9. The Morgan fingerprint density at radius 1 is 1.20 bits per heavy atom. The highest BCUT2D eigenvalue weighted by Crippen LogP contribution is 2.36. The van der Waals surface area contributed by atoms with E-state index in [0.29, 0.717) is 46.2 Å². The number of amides is 1. The number of carbonyl (C=O) groups is 1. The van der Waals surface area contributed by atoms with Crippen molar-refractivity contribution in [3.05, 3.63) is 76.2 Å². The summed E-state index contributed by atoms with van der Waals surface area (Å²) in [6.07, 6.45) is 6.05. The van der Waals surface area contributed by atoms with Crippen LogP contribution in [0.5, 0.6) is 5.75 Å². The van der Waals surface area contributed by atoms with Crippen LogP contribution in [-0.4, -0.2) is 39.0 Å². The highest BCUT2D eigenvalue weighted by molar-refractivity contribution is 7.23. The molecule has 180 valence electrons. The maximum Gasteiger partial charge on any atom is 0.270 e. The van der Waals surface area contributed by atoms with Gasteiger partial charge in [-0.05, 0) is 30.7 Å². The molecule has 12 heteroatoms. The van der Waals surface area contributed by atoms with Gasteiger partial charge in [0.15, 0.2) is 5.13 Å². The number of thiophene rings is 1. The van der Waals surface area contributed by atoms with E-state index in [9.17, 15) is 14.9 Å². The Labute approximate surface area is 214 Å². The number of anilines is 1. The first kappa shape index (κ1) is 24.6. The van der Waals surface area contributed by atoms with Crippen molar-refractivity contribution in [3.63, 3.8) is 0 Å². The third-order valence-corrected chi connectivity index (χ3v) is 7.49. The lowest BCUT2D eigenvalue weighted by molar-refractivity contribution is -0.384. The fraction of sp³-hybridized carbons (Fsp3) is 0.174. The first-order valence-electron chi connectivity index (χ1n) is 10.4. The zero-order valence-corrected chi connectivity index (χ0v) is 20.9. The Bertz CT molecular complexity index is 1500. The van der Waals surface area contributed by atoms with E-state index >= 15 is 0 Å². The lowest BCUT2D eigenvalue weighted by atomic mass is 10.2. The Morgan fingerprint density at radius 3 is 2.80 bits per heavy atom. The molecule has 0 saturated heterocycles. The van der Waals surface area contributed by atoms with Gasteiger partial charge in [0.2, 0.25) is 0 Å². The number of rotatable bonds is 8. The maximum absolute atomic E-state index is 13.7. The highest BCUT2D eigenvalue weighted by Gasteiger charge is 2.24. The number of thiazole rings is 1. The minimum Gasteiger partial charge on any atom is -0.494 e. The van der Waals surface area contributed by atoms with Gasteiger partial charge >= 0.3 is 0 Å². The number of aromatic nitrogens is 3. The first-order valence-corrected chi connectivity index (χ1v) is 12.1. The number of nitrogens with zero attached hydrogens (tertiary/aromatic N) is 5. The lowest BCUT2D eigenvalue weighted by Crippen LogP contribution is -2.31. The average molecular weight is 530 g/mol. The number of benzene rings is 2. The summed E-state index contributed by atoms with van der Waals surface area (Å²) >= 11 is 2.75. The molecular formula is C23H20ClN5O4S2. The second-order valence-electron chi connectivity index (χ2n) is 7.50. The van der Waals surface area contributed by atoms with Gasteiger partial charge < -0.3 is 9.30 Å². The molecule has 5 rings (SSSR count). The first-order chi connectivity index (χ1) is 16.5. The third-order valence-electron chi connectivity index (χ3n) is 5.35. The van der Waals surface area contributed by atoms with Crippen LogP contribution in [0.25, 0.3) is 20.3 Å². The van der Waals surface area contributed by atoms with Gasteiger partial charge in [0, 0.05) is 47.7 Å². The summed E-state index contributed by atoms with van der Waals surface area (Å²) in [5.74, 6) is 0.465. The van der Waals surface area contributed by atoms with Crippen molar-refractivity contribution < 1.29 is 14.5 Å². The van der Waals surface area contributed by atoms with Gasteiger partial charge in [-0.2, -0.15) is 0 Å². The van der Waals surface area contributed by atoms with E-state index in [1.807, 2.05) is 29.0 Å². The zero-order chi connectivity index (χ0) is 23.7. The second kappa shape index (κ2) is 10.4. The molecule has 0 aliphatic carbocycles. The van der Waals surface area contributed by atoms with Crippen molar-refractivity contribution in [2.75, 3.05) is 18.6 Å². The summed E-state index contributed by atoms with van der Waals surface area (Å²) < 4.78 is 9.15. The summed E-state index contributed by atoms with van der Waals surface area (Å²) in [4.78, 5) is 35.4.